The Labute approximate surface area is 98.0 Å². The Morgan fingerprint density at radius 3 is 2.69 bits per heavy atom. The van der Waals surface area contributed by atoms with E-state index in [4.69, 9.17) is 4.74 Å². The molecule has 0 aromatic heterocycles. The summed E-state index contributed by atoms with van der Waals surface area (Å²) < 4.78 is 5.43. The fraction of sp³-hybridized carbons (Fsp3) is 0.571. The van der Waals surface area contributed by atoms with E-state index in [0.717, 1.165) is 19.1 Å². The van der Waals surface area contributed by atoms with E-state index in [1.54, 1.807) is 0 Å². The Hall–Kier alpha value is -0.860. The molecule has 0 spiro atoms. The van der Waals surface area contributed by atoms with Gasteiger partial charge in [0.15, 0.2) is 0 Å². The second-order valence-corrected chi connectivity index (χ2v) is 4.72. The first-order valence-corrected chi connectivity index (χ1v) is 6.11. The summed E-state index contributed by atoms with van der Waals surface area (Å²) in [7, 11) is 2.04. The van der Waals surface area contributed by atoms with Gasteiger partial charge in [0.1, 0.15) is 0 Å². The van der Waals surface area contributed by atoms with E-state index >= 15 is 0 Å². The third-order valence-corrected chi connectivity index (χ3v) is 3.42. The number of hydrogen-bond acceptors (Lipinski definition) is 2. The van der Waals surface area contributed by atoms with E-state index < -0.39 is 0 Å². The van der Waals surface area contributed by atoms with Crippen molar-refractivity contribution in [3.05, 3.63) is 35.4 Å². The molecule has 16 heavy (non-hydrogen) atoms. The summed E-state index contributed by atoms with van der Waals surface area (Å²) in [5, 5.41) is 3.41. The molecule has 1 aliphatic rings. The lowest BCUT2D eigenvalue weighted by Gasteiger charge is -2.19. The van der Waals surface area contributed by atoms with Crippen LogP contribution in [0.2, 0.25) is 0 Å². The Morgan fingerprint density at radius 2 is 2.12 bits per heavy atom. The van der Waals surface area contributed by atoms with Gasteiger partial charge in [-0.25, -0.2) is 0 Å². The largest absolute Gasteiger partial charge is 0.381 e. The number of rotatable bonds is 4. The Bertz CT molecular complexity index is 314. The predicted octanol–water partition coefficient (Wildman–Crippen LogP) is 2.68. The fourth-order valence-corrected chi connectivity index (χ4v) is 2.32. The maximum absolute atomic E-state index is 5.43. The lowest BCUT2D eigenvalue weighted by molar-refractivity contribution is 0.181. The zero-order valence-electron chi connectivity index (χ0n) is 10.2. The van der Waals surface area contributed by atoms with Crippen molar-refractivity contribution in [2.75, 3.05) is 20.3 Å². The van der Waals surface area contributed by atoms with Gasteiger partial charge < -0.3 is 10.1 Å². The molecule has 2 heteroatoms. The topological polar surface area (TPSA) is 21.3 Å². The highest BCUT2D eigenvalue weighted by Gasteiger charge is 2.20. The van der Waals surface area contributed by atoms with Crippen molar-refractivity contribution in [1.29, 1.82) is 0 Å². The molecule has 0 bridgehead atoms. The molecule has 0 radical (unpaired) electrons. The van der Waals surface area contributed by atoms with Gasteiger partial charge in [0.05, 0.1) is 0 Å². The molecule has 1 saturated heterocycles. The van der Waals surface area contributed by atoms with Crippen LogP contribution in [0.1, 0.15) is 30.0 Å². The van der Waals surface area contributed by atoms with Crippen molar-refractivity contribution in [3.63, 3.8) is 0 Å². The minimum Gasteiger partial charge on any atom is -0.381 e. The summed E-state index contributed by atoms with van der Waals surface area (Å²) in [5.41, 5.74) is 2.71. The van der Waals surface area contributed by atoms with Gasteiger partial charge >= 0.3 is 0 Å². The first-order valence-electron chi connectivity index (χ1n) is 6.11. The van der Waals surface area contributed by atoms with E-state index in [1.165, 1.54) is 24.0 Å². The normalized spacial score (nSPS) is 22.2. The average molecular weight is 219 g/mol. The van der Waals surface area contributed by atoms with Crippen molar-refractivity contribution in [2.45, 2.75) is 25.8 Å². The van der Waals surface area contributed by atoms with Crippen LogP contribution < -0.4 is 5.32 Å². The molecule has 1 N–H and O–H groups in total. The lowest BCUT2D eigenvalue weighted by atomic mass is 9.94. The average Bonchev–Trinajstić information content (AvgIpc) is 2.80. The van der Waals surface area contributed by atoms with E-state index in [1.807, 2.05) is 7.05 Å². The minimum atomic E-state index is 0.465. The molecule has 1 heterocycles. The second-order valence-electron chi connectivity index (χ2n) is 4.72. The molecular weight excluding hydrogens is 198 g/mol. The first kappa shape index (κ1) is 11.6. The van der Waals surface area contributed by atoms with E-state index in [-0.39, 0.29) is 0 Å². The van der Waals surface area contributed by atoms with Crippen molar-refractivity contribution in [2.24, 2.45) is 5.92 Å². The molecule has 2 atom stereocenters. The van der Waals surface area contributed by atoms with Crippen LogP contribution in [0.4, 0.5) is 0 Å². The third kappa shape index (κ3) is 2.83. The summed E-state index contributed by atoms with van der Waals surface area (Å²) in [6.45, 7) is 4.00. The summed E-state index contributed by atoms with van der Waals surface area (Å²) >= 11 is 0. The highest BCUT2D eigenvalue weighted by molar-refractivity contribution is 5.24. The van der Waals surface area contributed by atoms with Crippen LogP contribution in [0.25, 0.3) is 0 Å². The highest BCUT2D eigenvalue weighted by atomic mass is 16.5. The van der Waals surface area contributed by atoms with Crippen LogP contribution in [0.3, 0.4) is 0 Å². The molecule has 1 fully saturated rings. The molecule has 1 aliphatic heterocycles. The predicted molar refractivity (Wildman–Crippen MR) is 66.5 cm³/mol. The summed E-state index contributed by atoms with van der Waals surface area (Å²) in [5.74, 6) is 0.721. The maximum Gasteiger partial charge on any atom is 0.0495 e. The molecule has 2 nitrogen and oxygen atoms in total. The van der Waals surface area contributed by atoms with Gasteiger partial charge in [-0.05, 0) is 38.3 Å². The standard InChI is InChI=1S/C14H21NO/c1-11-3-5-13(6-4-11)14(15-2)9-12-7-8-16-10-12/h3-6,12,14-15H,7-10H2,1-2H3. The second kappa shape index (κ2) is 5.46. The Balaban J connectivity index is 2.00. The van der Waals surface area contributed by atoms with Gasteiger partial charge in [0, 0.05) is 19.3 Å². The van der Waals surface area contributed by atoms with Gasteiger partial charge in [0.25, 0.3) is 0 Å². The third-order valence-electron chi connectivity index (χ3n) is 3.42. The number of hydrogen-bond donors (Lipinski definition) is 1. The molecule has 2 unspecified atom stereocenters. The van der Waals surface area contributed by atoms with Crippen LogP contribution in [-0.4, -0.2) is 20.3 Å². The first-order chi connectivity index (χ1) is 7.79. The van der Waals surface area contributed by atoms with Crippen molar-refractivity contribution < 1.29 is 4.74 Å². The lowest BCUT2D eigenvalue weighted by Crippen LogP contribution is -2.20. The van der Waals surface area contributed by atoms with Gasteiger partial charge in [-0.2, -0.15) is 0 Å². The maximum atomic E-state index is 5.43. The smallest absolute Gasteiger partial charge is 0.0495 e. The molecule has 88 valence electrons. The van der Waals surface area contributed by atoms with Crippen molar-refractivity contribution in [1.82, 2.24) is 5.32 Å². The summed E-state index contributed by atoms with van der Waals surface area (Å²) in [4.78, 5) is 0. The van der Waals surface area contributed by atoms with Crippen LogP contribution in [0, 0.1) is 12.8 Å². The number of nitrogens with one attached hydrogen (secondary N) is 1. The number of aryl methyl sites for hydroxylation is 1. The summed E-state index contributed by atoms with van der Waals surface area (Å²) in [6, 6.07) is 9.29. The molecule has 0 amide bonds. The van der Waals surface area contributed by atoms with Gasteiger partial charge in [-0.15, -0.1) is 0 Å². The zero-order chi connectivity index (χ0) is 11.4. The molecular formula is C14H21NO. The van der Waals surface area contributed by atoms with Crippen LogP contribution in [0.15, 0.2) is 24.3 Å². The SMILES string of the molecule is CNC(CC1CCOC1)c1ccc(C)cc1. The molecule has 1 aromatic carbocycles. The molecule has 1 aromatic rings. The monoisotopic (exact) mass is 219 g/mol. The van der Waals surface area contributed by atoms with Crippen LogP contribution >= 0.6 is 0 Å². The minimum absolute atomic E-state index is 0.465. The Morgan fingerprint density at radius 1 is 1.38 bits per heavy atom. The number of benzene rings is 1. The van der Waals surface area contributed by atoms with E-state index in [9.17, 15) is 0 Å². The quantitative estimate of drug-likeness (QED) is 0.840. The summed E-state index contributed by atoms with van der Waals surface area (Å²) in [6.07, 6.45) is 2.39. The Kier molecular flexibility index (Phi) is 3.97. The van der Waals surface area contributed by atoms with Crippen LogP contribution in [0.5, 0.6) is 0 Å². The highest BCUT2D eigenvalue weighted by Crippen LogP contribution is 2.26. The van der Waals surface area contributed by atoms with Crippen molar-refractivity contribution >= 4 is 0 Å². The van der Waals surface area contributed by atoms with Gasteiger partial charge in [-0.3, -0.25) is 0 Å². The number of ether oxygens (including phenoxy) is 1. The fourth-order valence-electron chi connectivity index (χ4n) is 2.32. The van der Waals surface area contributed by atoms with Gasteiger partial charge in [-0.1, -0.05) is 29.8 Å². The van der Waals surface area contributed by atoms with Gasteiger partial charge in [0.2, 0.25) is 0 Å². The molecule has 0 saturated carbocycles. The zero-order valence-corrected chi connectivity index (χ0v) is 10.2. The van der Waals surface area contributed by atoms with E-state index in [2.05, 4.69) is 36.5 Å². The van der Waals surface area contributed by atoms with Crippen molar-refractivity contribution in [3.8, 4) is 0 Å². The molecule has 2 rings (SSSR count). The van der Waals surface area contributed by atoms with E-state index in [0.29, 0.717) is 6.04 Å². The molecule has 0 aliphatic carbocycles. The van der Waals surface area contributed by atoms with Crippen LogP contribution in [-0.2, 0) is 4.74 Å².